The van der Waals surface area contributed by atoms with Gasteiger partial charge in [0.15, 0.2) is 0 Å². The van der Waals surface area contributed by atoms with Crippen molar-refractivity contribution in [3.63, 3.8) is 0 Å². The molecule has 1 aliphatic heterocycles. The highest BCUT2D eigenvalue weighted by Crippen LogP contribution is 2.16. The largest absolute Gasteiger partial charge is 0.368 e. The van der Waals surface area contributed by atoms with Gasteiger partial charge in [0, 0.05) is 13.1 Å². The third-order valence-electron chi connectivity index (χ3n) is 4.01. The Morgan fingerprint density at radius 2 is 2.05 bits per heavy atom. The minimum Gasteiger partial charge on any atom is -0.368 e. The van der Waals surface area contributed by atoms with Gasteiger partial charge in [-0.2, -0.15) is 0 Å². The maximum atomic E-state index is 12.7. The minimum absolute atomic E-state index is 0.0282. The second kappa shape index (κ2) is 7.40. The van der Waals surface area contributed by atoms with Crippen LogP contribution in [0.15, 0.2) is 30.3 Å². The Hall–Kier alpha value is -1.88. The van der Waals surface area contributed by atoms with E-state index >= 15 is 0 Å². The van der Waals surface area contributed by atoms with Gasteiger partial charge in [-0.05, 0) is 24.3 Å². The Labute approximate surface area is 131 Å². The number of hydrogen-bond acceptors (Lipinski definition) is 3. The molecule has 120 valence electrons. The predicted molar refractivity (Wildman–Crippen MR) is 86.1 cm³/mol. The first-order valence-electron chi connectivity index (χ1n) is 7.86. The molecule has 5 heteroatoms. The standard InChI is InChI=1S/C17H25N3O2/c1-12(2)10-15(16(18)21)20-9-8-19-14(17(20)22)11-13-6-4-3-5-7-13/h3-7,12,14-15,19H,8-11H2,1-2H3,(H2,18,21)/t14-,15+/m1/s1. The van der Waals surface area contributed by atoms with E-state index in [4.69, 9.17) is 5.73 Å². The number of nitrogens with two attached hydrogens (primary N) is 1. The number of rotatable bonds is 6. The van der Waals surface area contributed by atoms with Crippen molar-refractivity contribution in [1.82, 2.24) is 10.2 Å². The molecule has 0 aromatic heterocycles. The number of primary amides is 1. The number of piperazine rings is 1. The molecule has 22 heavy (non-hydrogen) atoms. The number of amides is 2. The third-order valence-corrected chi connectivity index (χ3v) is 4.01. The van der Waals surface area contributed by atoms with Crippen LogP contribution in [0.1, 0.15) is 25.8 Å². The van der Waals surface area contributed by atoms with Crippen LogP contribution in [-0.4, -0.2) is 41.9 Å². The van der Waals surface area contributed by atoms with Crippen LogP contribution in [0.4, 0.5) is 0 Å². The van der Waals surface area contributed by atoms with Crippen LogP contribution in [0.25, 0.3) is 0 Å². The first-order chi connectivity index (χ1) is 10.5. The fourth-order valence-electron chi connectivity index (χ4n) is 2.92. The molecule has 1 heterocycles. The van der Waals surface area contributed by atoms with Gasteiger partial charge >= 0.3 is 0 Å². The molecule has 2 amide bonds. The lowest BCUT2D eigenvalue weighted by atomic mass is 9.98. The van der Waals surface area contributed by atoms with Crippen LogP contribution in [0.3, 0.4) is 0 Å². The van der Waals surface area contributed by atoms with Gasteiger partial charge in [0.2, 0.25) is 11.8 Å². The number of carbonyl (C=O) groups excluding carboxylic acids is 2. The maximum absolute atomic E-state index is 12.7. The SMILES string of the molecule is CC(C)C[C@@H](C(N)=O)N1CCN[C@H](Cc2ccccc2)C1=O. The zero-order chi connectivity index (χ0) is 16.1. The number of hydrogen-bond donors (Lipinski definition) is 2. The highest BCUT2D eigenvalue weighted by atomic mass is 16.2. The molecule has 0 spiro atoms. The fraction of sp³-hybridized carbons (Fsp3) is 0.529. The van der Waals surface area contributed by atoms with Gasteiger partial charge in [0.05, 0.1) is 6.04 Å². The lowest BCUT2D eigenvalue weighted by Gasteiger charge is -2.38. The molecule has 1 aromatic rings. The summed E-state index contributed by atoms with van der Waals surface area (Å²) in [6, 6.07) is 9.10. The molecule has 1 fully saturated rings. The molecule has 2 atom stereocenters. The van der Waals surface area contributed by atoms with Crippen molar-refractivity contribution in [3.05, 3.63) is 35.9 Å². The van der Waals surface area contributed by atoms with E-state index in [0.717, 1.165) is 5.56 Å². The van der Waals surface area contributed by atoms with Crippen LogP contribution in [0, 0.1) is 5.92 Å². The quantitative estimate of drug-likeness (QED) is 0.821. The highest BCUT2D eigenvalue weighted by molar-refractivity contribution is 5.89. The summed E-state index contributed by atoms with van der Waals surface area (Å²) in [5.74, 6) is -0.130. The van der Waals surface area contributed by atoms with E-state index in [2.05, 4.69) is 5.32 Å². The van der Waals surface area contributed by atoms with E-state index in [-0.39, 0.29) is 11.9 Å². The predicted octanol–water partition coefficient (Wildman–Crippen LogP) is 0.930. The summed E-state index contributed by atoms with van der Waals surface area (Å²) < 4.78 is 0. The highest BCUT2D eigenvalue weighted by Gasteiger charge is 2.35. The van der Waals surface area contributed by atoms with Gasteiger partial charge in [0.25, 0.3) is 0 Å². The molecule has 0 radical (unpaired) electrons. The summed E-state index contributed by atoms with van der Waals surface area (Å²) >= 11 is 0. The third kappa shape index (κ3) is 4.07. The smallest absolute Gasteiger partial charge is 0.240 e. The van der Waals surface area contributed by atoms with Crippen LogP contribution < -0.4 is 11.1 Å². The van der Waals surface area contributed by atoms with Crippen molar-refractivity contribution in [1.29, 1.82) is 0 Å². The maximum Gasteiger partial charge on any atom is 0.240 e. The monoisotopic (exact) mass is 303 g/mol. The Morgan fingerprint density at radius 1 is 1.36 bits per heavy atom. The lowest BCUT2D eigenvalue weighted by molar-refractivity contribution is -0.143. The summed E-state index contributed by atoms with van der Waals surface area (Å²) in [4.78, 5) is 26.1. The number of nitrogens with zero attached hydrogens (tertiary/aromatic N) is 1. The van der Waals surface area contributed by atoms with Gasteiger partial charge in [-0.25, -0.2) is 0 Å². The van der Waals surface area contributed by atoms with Crippen molar-refractivity contribution in [2.24, 2.45) is 11.7 Å². The van der Waals surface area contributed by atoms with Crippen molar-refractivity contribution in [3.8, 4) is 0 Å². The summed E-state index contributed by atoms with van der Waals surface area (Å²) in [5.41, 5.74) is 6.63. The van der Waals surface area contributed by atoms with Crippen LogP contribution >= 0.6 is 0 Å². The first-order valence-corrected chi connectivity index (χ1v) is 7.86. The van der Waals surface area contributed by atoms with Crippen molar-refractivity contribution < 1.29 is 9.59 Å². The normalized spacial score (nSPS) is 20.2. The van der Waals surface area contributed by atoms with Crippen molar-refractivity contribution in [2.75, 3.05) is 13.1 Å². The topological polar surface area (TPSA) is 75.4 Å². The van der Waals surface area contributed by atoms with E-state index in [9.17, 15) is 9.59 Å². The average Bonchev–Trinajstić information content (AvgIpc) is 2.48. The molecule has 0 saturated carbocycles. The van der Waals surface area contributed by atoms with Crippen LogP contribution in [0.5, 0.6) is 0 Å². The molecule has 0 unspecified atom stereocenters. The summed E-state index contributed by atoms with van der Waals surface area (Å²) in [6.45, 7) is 5.28. The van der Waals surface area contributed by atoms with Gasteiger partial charge in [-0.15, -0.1) is 0 Å². The van der Waals surface area contributed by atoms with Crippen LogP contribution in [-0.2, 0) is 16.0 Å². The van der Waals surface area contributed by atoms with E-state index in [0.29, 0.717) is 31.8 Å². The zero-order valence-electron chi connectivity index (χ0n) is 13.3. The second-order valence-corrected chi connectivity index (χ2v) is 6.28. The molecule has 0 bridgehead atoms. The molecule has 1 saturated heterocycles. The Kier molecular flexibility index (Phi) is 5.55. The fourth-order valence-corrected chi connectivity index (χ4v) is 2.92. The van der Waals surface area contributed by atoms with Gasteiger partial charge < -0.3 is 16.0 Å². The number of carbonyl (C=O) groups is 2. The van der Waals surface area contributed by atoms with Gasteiger partial charge in [-0.1, -0.05) is 44.2 Å². The summed E-state index contributed by atoms with van der Waals surface area (Å²) in [6.07, 6.45) is 1.24. The molecular weight excluding hydrogens is 278 g/mol. The van der Waals surface area contributed by atoms with E-state index < -0.39 is 11.9 Å². The summed E-state index contributed by atoms with van der Waals surface area (Å²) in [7, 11) is 0. The molecule has 2 rings (SSSR count). The average molecular weight is 303 g/mol. The van der Waals surface area contributed by atoms with Crippen LogP contribution in [0.2, 0.25) is 0 Å². The molecule has 5 nitrogen and oxygen atoms in total. The van der Waals surface area contributed by atoms with Crippen molar-refractivity contribution >= 4 is 11.8 Å². The zero-order valence-corrected chi connectivity index (χ0v) is 13.3. The second-order valence-electron chi connectivity index (χ2n) is 6.28. The molecule has 1 aliphatic rings. The molecule has 1 aromatic carbocycles. The lowest BCUT2D eigenvalue weighted by Crippen LogP contribution is -2.61. The van der Waals surface area contributed by atoms with E-state index in [1.807, 2.05) is 44.2 Å². The van der Waals surface area contributed by atoms with Crippen molar-refractivity contribution in [2.45, 2.75) is 38.8 Å². The Morgan fingerprint density at radius 3 is 2.64 bits per heavy atom. The minimum atomic E-state index is -0.507. The molecular formula is C17H25N3O2. The van der Waals surface area contributed by atoms with Gasteiger partial charge in [0.1, 0.15) is 6.04 Å². The Balaban J connectivity index is 2.10. The number of benzene rings is 1. The van der Waals surface area contributed by atoms with Gasteiger partial charge in [-0.3, -0.25) is 9.59 Å². The molecule has 0 aliphatic carbocycles. The Bertz CT molecular complexity index is 516. The van der Waals surface area contributed by atoms with E-state index in [1.54, 1.807) is 4.90 Å². The molecule has 3 N–H and O–H groups in total. The van der Waals surface area contributed by atoms with E-state index in [1.165, 1.54) is 0 Å². The number of nitrogens with one attached hydrogen (secondary N) is 1. The summed E-state index contributed by atoms with van der Waals surface area (Å²) in [5, 5.41) is 3.25. The first kappa shape index (κ1) is 16.5.